The van der Waals surface area contributed by atoms with E-state index in [2.05, 4.69) is 9.55 Å². The van der Waals surface area contributed by atoms with Crippen LogP contribution in [0.5, 0.6) is 0 Å². The largest absolute Gasteiger partial charge is 0.334 e. The lowest BCUT2D eigenvalue weighted by Crippen LogP contribution is -2.21. The maximum Gasteiger partial charge on any atom is 0.125 e. The second kappa shape index (κ2) is 2.09. The molecule has 10 heavy (non-hydrogen) atoms. The van der Waals surface area contributed by atoms with Crippen LogP contribution >= 0.6 is 0 Å². The van der Waals surface area contributed by atoms with E-state index in [0.29, 0.717) is 0 Å². The molecule has 1 aliphatic rings. The first kappa shape index (κ1) is 5.92. The van der Waals surface area contributed by atoms with Gasteiger partial charge in [0.05, 0.1) is 6.04 Å². The summed E-state index contributed by atoms with van der Waals surface area (Å²) in [6, 6.07) is 0.170. The molecule has 0 saturated heterocycles. The molecular weight excluding hydrogens is 126 g/mol. The van der Waals surface area contributed by atoms with Crippen LogP contribution in [0.15, 0.2) is 12.4 Å². The van der Waals surface area contributed by atoms with E-state index in [1.807, 2.05) is 12.4 Å². The van der Waals surface area contributed by atoms with Crippen molar-refractivity contribution < 1.29 is 0 Å². The van der Waals surface area contributed by atoms with Crippen LogP contribution in [0.2, 0.25) is 0 Å². The van der Waals surface area contributed by atoms with E-state index in [4.69, 9.17) is 5.73 Å². The zero-order chi connectivity index (χ0) is 6.97. The summed E-state index contributed by atoms with van der Waals surface area (Å²) in [6.07, 6.45) is 6.08. The van der Waals surface area contributed by atoms with Crippen molar-refractivity contribution in [2.24, 2.45) is 5.73 Å². The maximum atomic E-state index is 5.81. The lowest BCUT2D eigenvalue weighted by molar-refractivity contribution is 0.451. The van der Waals surface area contributed by atoms with Gasteiger partial charge in [0.2, 0.25) is 0 Å². The van der Waals surface area contributed by atoms with Gasteiger partial charge < -0.3 is 10.3 Å². The molecule has 1 aliphatic heterocycles. The van der Waals surface area contributed by atoms with Crippen molar-refractivity contribution in [3.05, 3.63) is 18.2 Å². The summed E-state index contributed by atoms with van der Waals surface area (Å²) in [5.74, 6) is 1.05. The fourth-order valence-electron chi connectivity index (χ4n) is 1.45. The van der Waals surface area contributed by atoms with Crippen molar-refractivity contribution in [1.82, 2.24) is 9.55 Å². The molecule has 0 spiro atoms. The second-order valence-corrected chi connectivity index (χ2v) is 2.73. The first-order chi connectivity index (χ1) is 4.88. The molecule has 1 atom stereocenters. The molecule has 0 saturated carbocycles. The van der Waals surface area contributed by atoms with E-state index in [1.54, 1.807) is 0 Å². The quantitative estimate of drug-likeness (QED) is 0.571. The number of hydrogen-bond donors (Lipinski definition) is 1. The molecule has 0 aromatic carbocycles. The Kier molecular flexibility index (Phi) is 1.24. The number of aromatic nitrogens is 2. The van der Waals surface area contributed by atoms with E-state index >= 15 is 0 Å². The van der Waals surface area contributed by atoms with Crippen molar-refractivity contribution in [3.63, 3.8) is 0 Å². The van der Waals surface area contributed by atoms with Crippen molar-refractivity contribution in [2.45, 2.75) is 25.4 Å². The standard InChI is InChI=1S/C7H11N3/c8-6-2-1-4-10-5-3-9-7(6)10/h3,5-6H,1-2,4,8H2. The van der Waals surface area contributed by atoms with E-state index in [-0.39, 0.29) is 6.04 Å². The zero-order valence-electron chi connectivity index (χ0n) is 5.83. The number of aryl methyl sites for hydroxylation is 1. The first-order valence-corrected chi connectivity index (χ1v) is 3.64. The summed E-state index contributed by atoms with van der Waals surface area (Å²) < 4.78 is 2.13. The molecule has 0 bridgehead atoms. The monoisotopic (exact) mass is 137 g/mol. The van der Waals surface area contributed by atoms with Gasteiger partial charge in [0, 0.05) is 18.9 Å². The smallest absolute Gasteiger partial charge is 0.125 e. The average molecular weight is 137 g/mol. The SMILES string of the molecule is NC1CCCn2ccnc21. The molecule has 2 N–H and O–H groups in total. The summed E-state index contributed by atoms with van der Waals surface area (Å²) in [7, 11) is 0. The molecule has 3 heteroatoms. The minimum absolute atomic E-state index is 0.170. The minimum atomic E-state index is 0.170. The highest BCUT2D eigenvalue weighted by Gasteiger charge is 2.16. The molecule has 54 valence electrons. The lowest BCUT2D eigenvalue weighted by atomic mass is 10.1. The van der Waals surface area contributed by atoms with Crippen LogP contribution in [0, 0.1) is 0 Å². The van der Waals surface area contributed by atoms with Crippen LogP contribution in [-0.2, 0) is 6.54 Å². The van der Waals surface area contributed by atoms with Gasteiger partial charge in [0.1, 0.15) is 5.82 Å². The molecule has 2 heterocycles. The number of nitrogens with zero attached hydrogens (tertiary/aromatic N) is 2. The summed E-state index contributed by atoms with van der Waals surface area (Å²) in [4.78, 5) is 4.18. The van der Waals surface area contributed by atoms with Crippen molar-refractivity contribution >= 4 is 0 Å². The van der Waals surface area contributed by atoms with Crippen molar-refractivity contribution in [2.75, 3.05) is 0 Å². The third kappa shape index (κ3) is 0.743. The Bertz CT molecular complexity index is 229. The number of rotatable bonds is 0. The van der Waals surface area contributed by atoms with Gasteiger partial charge in [-0.25, -0.2) is 4.98 Å². The normalized spacial score (nSPS) is 24.3. The first-order valence-electron chi connectivity index (χ1n) is 3.64. The molecule has 0 aliphatic carbocycles. The van der Waals surface area contributed by atoms with Crippen LogP contribution in [0.25, 0.3) is 0 Å². The Morgan fingerprint density at radius 1 is 1.70 bits per heavy atom. The second-order valence-electron chi connectivity index (χ2n) is 2.73. The molecule has 1 aromatic heterocycles. The minimum Gasteiger partial charge on any atom is -0.334 e. The molecule has 0 fully saturated rings. The average Bonchev–Trinajstić information content (AvgIpc) is 2.36. The number of nitrogens with two attached hydrogens (primary N) is 1. The number of hydrogen-bond acceptors (Lipinski definition) is 2. The van der Waals surface area contributed by atoms with Gasteiger partial charge in [-0.15, -0.1) is 0 Å². The molecule has 1 unspecified atom stereocenters. The Labute approximate surface area is 59.9 Å². The van der Waals surface area contributed by atoms with Crippen molar-refractivity contribution in [1.29, 1.82) is 0 Å². The lowest BCUT2D eigenvalue weighted by Gasteiger charge is -2.19. The molecular formula is C7H11N3. The molecule has 3 nitrogen and oxygen atoms in total. The predicted octanol–water partition coefficient (Wildman–Crippen LogP) is 0.677. The highest BCUT2D eigenvalue weighted by Crippen LogP contribution is 2.19. The van der Waals surface area contributed by atoms with Gasteiger partial charge in [-0.05, 0) is 12.8 Å². The third-order valence-electron chi connectivity index (χ3n) is 1.99. The Hall–Kier alpha value is -0.830. The van der Waals surface area contributed by atoms with Gasteiger partial charge in [-0.2, -0.15) is 0 Å². The van der Waals surface area contributed by atoms with E-state index in [9.17, 15) is 0 Å². The van der Waals surface area contributed by atoms with Gasteiger partial charge in [0.25, 0.3) is 0 Å². The van der Waals surface area contributed by atoms with Gasteiger partial charge >= 0.3 is 0 Å². The third-order valence-corrected chi connectivity index (χ3v) is 1.99. The zero-order valence-corrected chi connectivity index (χ0v) is 5.83. The van der Waals surface area contributed by atoms with E-state index < -0.39 is 0 Å². The van der Waals surface area contributed by atoms with Crippen LogP contribution in [0.1, 0.15) is 24.7 Å². The topological polar surface area (TPSA) is 43.8 Å². The van der Waals surface area contributed by atoms with Crippen LogP contribution in [0.3, 0.4) is 0 Å². The number of imidazole rings is 1. The predicted molar refractivity (Wildman–Crippen MR) is 38.4 cm³/mol. The van der Waals surface area contributed by atoms with Gasteiger partial charge in [-0.3, -0.25) is 0 Å². The highest BCUT2D eigenvalue weighted by atomic mass is 15.1. The van der Waals surface area contributed by atoms with E-state index in [1.165, 1.54) is 6.42 Å². The molecule has 2 rings (SSSR count). The van der Waals surface area contributed by atoms with Crippen molar-refractivity contribution in [3.8, 4) is 0 Å². The highest BCUT2D eigenvalue weighted by molar-refractivity contribution is 5.00. The van der Waals surface area contributed by atoms with Crippen LogP contribution in [-0.4, -0.2) is 9.55 Å². The fourth-order valence-corrected chi connectivity index (χ4v) is 1.45. The Balaban J connectivity index is 2.41. The summed E-state index contributed by atoms with van der Waals surface area (Å²) in [5, 5.41) is 0. The molecule has 0 radical (unpaired) electrons. The summed E-state index contributed by atoms with van der Waals surface area (Å²) in [5.41, 5.74) is 5.81. The maximum absolute atomic E-state index is 5.81. The summed E-state index contributed by atoms with van der Waals surface area (Å²) in [6.45, 7) is 1.09. The van der Waals surface area contributed by atoms with Crippen LogP contribution < -0.4 is 5.73 Å². The fraction of sp³-hybridized carbons (Fsp3) is 0.571. The molecule has 1 aromatic rings. The van der Waals surface area contributed by atoms with Gasteiger partial charge in [0.15, 0.2) is 0 Å². The van der Waals surface area contributed by atoms with Crippen LogP contribution in [0.4, 0.5) is 0 Å². The summed E-state index contributed by atoms with van der Waals surface area (Å²) >= 11 is 0. The Morgan fingerprint density at radius 3 is 3.40 bits per heavy atom. The Morgan fingerprint density at radius 2 is 2.60 bits per heavy atom. The van der Waals surface area contributed by atoms with E-state index in [0.717, 1.165) is 18.8 Å². The number of fused-ring (bicyclic) bond motifs is 1. The molecule has 0 amide bonds. The van der Waals surface area contributed by atoms with Gasteiger partial charge in [-0.1, -0.05) is 0 Å².